The Morgan fingerprint density at radius 1 is 1.33 bits per heavy atom. The number of hydrogen-bond acceptors (Lipinski definition) is 7. The number of rotatable bonds is 7. The minimum Gasteiger partial charge on any atom is -0.477 e. The van der Waals surface area contributed by atoms with Crippen LogP contribution in [0.3, 0.4) is 0 Å². The van der Waals surface area contributed by atoms with E-state index in [1.54, 1.807) is 6.20 Å². The van der Waals surface area contributed by atoms with Crippen LogP contribution < -0.4 is 15.2 Å². The molecule has 0 bridgehead atoms. The van der Waals surface area contributed by atoms with E-state index in [1.807, 2.05) is 18.2 Å². The fourth-order valence-electron chi connectivity index (χ4n) is 1.94. The van der Waals surface area contributed by atoms with Gasteiger partial charge in [-0.25, -0.2) is 9.97 Å². The molecule has 0 saturated heterocycles. The molecule has 1 heterocycles. The highest BCUT2D eigenvalue weighted by atomic mass is 35.5. The van der Waals surface area contributed by atoms with E-state index in [2.05, 4.69) is 9.97 Å². The number of aromatic nitrogens is 2. The number of thioether (sulfide) groups is 1. The van der Waals surface area contributed by atoms with Crippen LogP contribution in [-0.2, 0) is 5.75 Å². The lowest BCUT2D eigenvalue weighted by atomic mass is 10.1. The largest absolute Gasteiger partial charge is 0.477 e. The van der Waals surface area contributed by atoms with Crippen LogP contribution in [0.4, 0.5) is 0 Å². The molecule has 0 aliphatic heterocycles. The second kappa shape index (κ2) is 8.56. The van der Waals surface area contributed by atoms with Crippen LogP contribution in [0.25, 0.3) is 5.57 Å². The monoisotopic (exact) mass is 364 g/mol. The average Bonchev–Trinajstić information content (AvgIpc) is 2.62. The van der Waals surface area contributed by atoms with Crippen LogP contribution in [0.2, 0.25) is 5.02 Å². The molecule has 1 aromatic heterocycles. The summed E-state index contributed by atoms with van der Waals surface area (Å²) < 4.78 is 10.2. The van der Waals surface area contributed by atoms with Crippen molar-refractivity contribution in [3.63, 3.8) is 0 Å². The van der Waals surface area contributed by atoms with Gasteiger partial charge in [0.1, 0.15) is 5.03 Å². The molecule has 24 heavy (non-hydrogen) atoms. The third-order valence-electron chi connectivity index (χ3n) is 3.14. The van der Waals surface area contributed by atoms with Crippen molar-refractivity contribution < 1.29 is 9.47 Å². The summed E-state index contributed by atoms with van der Waals surface area (Å²) in [5.74, 6) is 1.36. The number of ether oxygens (including phenoxy) is 2. The van der Waals surface area contributed by atoms with Gasteiger partial charge in [-0.2, -0.15) is 0 Å². The van der Waals surface area contributed by atoms with Crippen LogP contribution in [0.1, 0.15) is 11.1 Å². The average molecular weight is 365 g/mol. The first-order valence-electron chi connectivity index (χ1n) is 6.92. The van der Waals surface area contributed by atoms with Gasteiger partial charge in [-0.15, -0.1) is 0 Å². The number of nitrogens with zero attached hydrogens (tertiary/aromatic N) is 2. The fourth-order valence-corrected chi connectivity index (χ4v) is 3.02. The zero-order chi connectivity index (χ0) is 17.5. The normalized spacial score (nSPS) is 11.2. The predicted molar refractivity (Wildman–Crippen MR) is 97.1 cm³/mol. The molecule has 0 aliphatic carbocycles. The van der Waals surface area contributed by atoms with E-state index >= 15 is 0 Å². The standard InChI is InChI=1S/C16H17ClN4O2S/c1-22-15-16(23-2)21-14(8-20-15)24-9-10-3-4-12(13(17)5-10)11(6-18)7-19/h3-8,18H,9,19H2,1-2H3/b11-7+,18-6?. The molecule has 0 atom stereocenters. The SMILES string of the molecule is COc1ncc(SCc2ccc(/C(C=N)=C/N)c(Cl)c2)nc1OC. The molecule has 0 saturated carbocycles. The number of nitrogens with two attached hydrogens (primary N) is 1. The molecule has 0 spiro atoms. The quantitative estimate of drug-likeness (QED) is 0.577. The molecule has 8 heteroatoms. The first-order chi connectivity index (χ1) is 11.6. The van der Waals surface area contributed by atoms with E-state index in [1.165, 1.54) is 38.4 Å². The van der Waals surface area contributed by atoms with Crippen molar-refractivity contribution in [2.75, 3.05) is 14.2 Å². The van der Waals surface area contributed by atoms with Crippen molar-refractivity contribution >= 4 is 35.2 Å². The van der Waals surface area contributed by atoms with E-state index < -0.39 is 0 Å². The highest BCUT2D eigenvalue weighted by molar-refractivity contribution is 7.98. The van der Waals surface area contributed by atoms with E-state index in [0.29, 0.717) is 28.1 Å². The molecule has 0 unspecified atom stereocenters. The summed E-state index contributed by atoms with van der Waals surface area (Å²) >= 11 is 7.78. The van der Waals surface area contributed by atoms with E-state index in [9.17, 15) is 0 Å². The lowest BCUT2D eigenvalue weighted by molar-refractivity contribution is 0.328. The van der Waals surface area contributed by atoms with E-state index in [-0.39, 0.29) is 0 Å². The van der Waals surface area contributed by atoms with Crippen molar-refractivity contribution in [2.24, 2.45) is 5.73 Å². The number of allylic oxidation sites excluding steroid dienone is 1. The van der Waals surface area contributed by atoms with Gasteiger partial charge in [-0.3, -0.25) is 0 Å². The van der Waals surface area contributed by atoms with Gasteiger partial charge in [0.15, 0.2) is 0 Å². The van der Waals surface area contributed by atoms with Crippen LogP contribution in [0.5, 0.6) is 11.8 Å². The third kappa shape index (κ3) is 4.18. The Balaban J connectivity index is 2.12. The summed E-state index contributed by atoms with van der Waals surface area (Å²) in [4.78, 5) is 8.49. The first kappa shape index (κ1) is 18.1. The van der Waals surface area contributed by atoms with Crippen LogP contribution in [0, 0.1) is 5.41 Å². The van der Waals surface area contributed by atoms with Crippen molar-refractivity contribution in [2.45, 2.75) is 10.8 Å². The summed E-state index contributed by atoms with van der Waals surface area (Å²) in [6.07, 6.45) is 4.17. The lowest BCUT2D eigenvalue weighted by Crippen LogP contribution is -1.97. The maximum Gasteiger partial charge on any atom is 0.278 e. The molecule has 0 aliphatic rings. The highest BCUT2D eigenvalue weighted by Gasteiger charge is 2.10. The summed E-state index contributed by atoms with van der Waals surface area (Å²) in [6, 6.07) is 5.64. The lowest BCUT2D eigenvalue weighted by Gasteiger charge is -2.08. The minimum absolute atomic E-state index is 0.347. The Bertz CT molecular complexity index is 768. The molecule has 6 nitrogen and oxygen atoms in total. The number of benzene rings is 1. The second-order valence-corrected chi connectivity index (χ2v) is 6.00. The summed E-state index contributed by atoms with van der Waals surface area (Å²) in [5.41, 5.74) is 7.82. The molecule has 0 fully saturated rings. The molecular weight excluding hydrogens is 348 g/mol. The smallest absolute Gasteiger partial charge is 0.278 e. The molecule has 3 N–H and O–H groups in total. The molecular formula is C16H17ClN4O2S. The van der Waals surface area contributed by atoms with Crippen LogP contribution in [0.15, 0.2) is 35.6 Å². The van der Waals surface area contributed by atoms with Gasteiger partial charge in [-0.05, 0) is 11.6 Å². The number of methoxy groups -OCH3 is 2. The van der Waals surface area contributed by atoms with Gasteiger partial charge >= 0.3 is 0 Å². The van der Waals surface area contributed by atoms with E-state index in [0.717, 1.165) is 16.2 Å². The minimum atomic E-state index is 0.347. The number of hydrogen-bond donors (Lipinski definition) is 2. The number of halogens is 1. The van der Waals surface area contributed by atoms with Crippen molar-refractivity contribution in [1.29, 1.82) is 5.41 Å². The summed E-state index contributed by atoms with van der Waals surface area (Å²) in [7, 11) is 3.03. The molecule has 0 radical (unpaired) electrons. The Labute approximate surface area is 149 Å². The van der Waals surface area contributed by atoms with Gasteiger partial charge in [0.05, 0.1) is 20.4 Å². The Kier molecular flexibility index (Phi) is 6.45. The van der Waals surface area contributed by atoms with Crippen LogP contribution in [-0.4, -0.2) is 30.4 Å². The molecule has 2 rings (SSSR count). The topological polar surface area (TPSA) is 94.1 Å². The second-order valence-electron chi connectivity index (χ2n) is 4.60. The van der Waals surface area contributed by atoms with Crippen molar-refractivity contribution in [3.05, 3.63) is 46.7 Å². The highest BCUT2D eigenvalue weighted by Crippen LogP contribution is 2.29. The van der Waals surface area contributed by atoms with Gasteiger partial charge < -0.3 is 20.6 Å². The molecule has 126 valence electrons. The van der Waals surface area contributed by atoms with Crippen LogP contribution >= 0.6 is 23.4 Å². The summed E-state index contributed by atoms with van der Waals surface area (Å²) in [5, 5.41) is 8.60. The summed E-state index contributed by atoms with van der Waals surface area (Å²) in [6.45, 7) is 0. The molecule has 1 aromatic carbocycles. The van der Waals surface area contributed by atoms with Gasteiger partial charge in [-0.1, -0.05) is 35.5 Å². The van der Waals surface area contributed by atoms with Gasteiger partial charge in [0.2, 0.25) is 0 Å². The number of nitrogens with one attached hydrogen (secondary N) is 1. The maximum atomic E-state index is 7.34. The maximum absolute atomic E-state index is 7.34. The third-order valence-corrected chi connectivity index (χ3v) is 4.42. The van der Waals surface area contributed by atoms with E-state index in [4.69, 9.17) is 32.2 Å². The zero-order valence-electron chi connectivity index (χ0n) is 13.2. The molecule has 0 amide bonds. The van der Waals surface area contributed by atoms with Gasteiger partial charge in [0.25, 0.3) is 11.8 Å². The Morgan fingerprint density at radius 3 is 2.67 bits per heavy atom. The Morgan fingerprint density at radius 2 is 2.08 bits per heavy atom. The van der Waals surface area contributed by atoms with Crippen molar-refractivity contribution in [1.82, 2.24) is 9.97 Å². The molecule has 2 aromatic rings. The fraction of sp³-hybridized carbons (Fsp3) is 0.188. The Hall–Kier alpha value is -2.25. The zero-order valence-corrected chi connectivity index (χ0v) is 14.8. The van der Waals surface area contributed by atoms with Gasteiger partial charge in [0, 0.05) is 34.3 Å². The van der Waals surface area contributed by atoms with Crippen molar-refractivity contribution in [3.8, 4) is 11.8 Å². The predicted octanol–water partition coefficient (Wildman–Crippen LogP) is 3.39. The first-order valence-corrected chi connectivity index (χ1v) is 8.28.